The van der Waals surface area contributed by atoms with Gasteiger partial charge in [0.1, 0.15) is 19.8 Å². The summed E-state index contributed by atoms with van der Waals surface area (Å²) in [6.07, 6.45) is 0. The average Bonchev–Trinajstić information content (AvgIpc) is 2.50. The van der Waals surface area contributed by atoms with Crippen molar-refractivity contribution in [3.05, 3.63) is 22.2 Å². The van der Waals surface area contributed by atoms with Crippen molar-refractivity contribution in [1.82, 2.24) is 4.31 Å². The van der Waals surface area contributed by atoms with Crippen molar-refractivity contribution >= 4 is 21.7 Å². The van der Waals surface area contributed by atoms with Gasteiger partial charge in [0.25, 0.3) is 15.7 Å². The lowest BCUT2D eigenvalue weighted by molar-refractivity contribution is -0.388. The highest BCUT2D eigenvalue weighted by Crippen LogP contribution is 2.39. The van der Waals surface area contributed by atoms with Crippen LogP contribution in [0.3, 0.4) is 0 Å². The van der Waals surface area contributed by atoms with E-state index in [1.807, 2.05) is 0 Å². The van der Waals surface area contributed by atoms with Gasteiger partial charge in [-0.1, -0.05) is 0 Å². The van der Waals surface area contributed by atoms with Crippen LogP contribution < -0.4 is 9.47 Å². The number of fused-ring (bicyclic) bond motifs is 1. The number of nitro benzene ring substituents is 1. The molecule has 0 saturated carbocycles. The molecule has 1 aliphatic rings. The predicted molar refractivity (Wildman–Crippen MR) is 80.8 cm³/mol. The SMILES string of the molecule is CC(C)N(CC(=O)O)S(=O)(=O)c1cc2c(cc1[N+](=O)[O-])OCCO2. The van der Waals surface area contributed by atoms with Crippen molar-refractivity contribution in [2.45, 2.75) is 24.8 Å². The summed E-state index contributed by atoms with van der Waals surface area (Å²) in [7, 11) is -4.43. The fourth-order valence-corrected chi connectivity index (χ4v) is 3.96. The van der Waals surface area contributed by atoms with E-state index in [1.54, 1.807) is 0 Å². The fraction of sp³-hybridized carbons (Fsp3) is 0.462. The molecular formula is C13H16N2O8S. The molecule has 2 rings (SSSR count). The molecule has 0 spiro atoms. The molecule has 0 aromatic heterocycles. The number of nitro groups is 1. The van der Waals surface area contributed by atoms with E-state index in [0.717, 1.165) is 12.1 Å². The van der Waals surface area contributed by atoms with Crippen LogP contribution in [0.4, 0.5) is 5.69 Å². The second-order valence-corrected chi connectivity index (χ2v) is 7.12. The molecule has 0 saturated heterocycles. The molecule has 0 radical (unpaired) electrons. The Morgan fingerprint density at radius 3 is 2.33 bits per heavy atom. The van der Waals surface area contributed by atoms with Gasteiger partial charge >= 0.3 is 5.97 Å². The smallest absolute Gasteiger partial charge is 0.318 e. The first-order chi connectivity index (χ1) is 11.1. The first kappa shape index (κ1) is 17.9. The molecule has 132 valence electrons. The van der Waals surface area contributed by atoms with Crippen molar-refractivity contribution in [2.24, 2.45) is 0 Å². The Bertz CT molecular complexity index is 774. The lowest BCUT2D eigenvalue weighted by atomic mass is 10.2. The van der Waals surface area contributed by atoms with Crippen LogP contribution in [0.2, 0.25) is 0 Å². The number of hydrogen-bond donors (Lipinski definition) is 1. The molecule has 0 amide bonds. The quantitative estimate of drug-likeness (QED) is 0.582. The third-order valence-corrected chi connectivity index (χ3v) is 5.33. The molecule has 0 aliphatic carbocycles. The van der Waals surface area contributed by atoms with Crippen LogP contribution in [-0.4, -0.2) is 54.5 Å². The molecule has 0 atom stereocenters. The van der Waals surface area contributed by atoms with Crippen molar-refractivity contribution in [3.63, 3.8) is 0 Å². The standard InChI is InChI=1S/C13H16N2O8S/c1-8(2)14(7-13(16)17)24(20,21)12-6-11-10(22-3-4-23-11)5-9(12)15(18)19/h5-6,8H,3-4,7H2,1-2H3,(H,16,17). The number of sulfonamides is 1. The number of carboxylic acids is 1. The zero-order chi connectivity index (χ0) is 18.1. The lowest BCUT2D eigenvalue weighted by Gasteiger charge is -2.25. The zero-order valence-electron chi connectivity index (χ0n) is 13.0. The van der Waals surface area contributed by atoms with Crippen LogP contribution in [0.25, 0.3) is 0 Å². The fourth-order valence-electron chi connectivity index (χ4n) is 2.21. The van der Waals surface area contributed by atoms with Gasteiger partial charge in [0.15, 0.2) is 16.4 Å². The van der Waals surface area contributed by atoms with Crippen LogP contribution in [0, 0.1) is 10.1 Å². The monoisotopic (exact) mass is 360 g/mol. The minimum absolute atomic E-state index is 0.0597. The minimum Gasteiger partial charge on any atom is -0.486 e. The molecular weight excluding hydrogens is 344 g/mol. The summed E-state index contributed by atoms with van der Waals surface area (Å²) in [5.41, 5.74) is -0.699. The highest BCUT2D eigenvalue weighted by Gasteiger charge is 2.36. The highest BCUT2D eigenvalue weighted by atomic mass is 32.2. The molecule has 11 heteroatoms. The lowest BCUT2D eigenvalue weighted by Crippen LogP contribution is -2.40. The molecule has 10 nitrogen and oxygen atoms in total. The Labute approximate surface area is 137 Å². The highest BCUT2D eigenvalue weighted by molar-refractivity contribution is 7.89. The minimum atomic E-state index is -4.43. The van der Waals surface area contributed by atoms with Crippen molar-refractivity contribution in [1.29, 1.82) is 0 Å². The molecule has 1 N–H and O–H groups in total. The van der Waals surface area contributed by atoms with E-state index < -0.39 is 44.1 Å². The maximum absolute atomic E-state index is 12.8. The van der Waals surface area contributed by atoms with Crippen LogP contribution >= 0.6 is 0 Å². The Balaban J connectivity index is 2.63. The molecule has 1 heterocycles. The van der Waals surface area contributed by atoms with E-state index >= 15 is 0 Å². The van der Waals surface area contributed by atoms with Gasteiger partial charge in [0.05, 0.1) is 11.0 Å². The predicted octanol–water partition coefficient (Wildman–Crippen LogP) is 0.850. The Morgan fingerprint density at radius 1 is 1.33 bits per heavy atom. The van der Waals surface area contributed by atoms with E-state index in [9.17, 15) is 23.3 Å². The number of ether oxygens (including phenoxy) is 2. The number of carbonyl (C=O) groups is 1. The van der Waals surface area contributed by atoms with Crippen LogP contribution in [0.5, 0.6) is 11.5 Å². The molecule has 0 bridgehead atoms. The topological polar surface area (TPSA) is 136 Å². The van der Waals surface area contributed by atoms with Gasteiger partial charge in [-0.25, -0.2) is 8.42 Å². The van der Waals surface area contributed by atoms with E-state index in [-0.39, 0.29) is 24.7 Å². The van der Waals surface area contributed by atoms with E-state index in [1.165, 1.54) is 13.8 Å². The molecule has 1 aromatic rings. The maximum Gasteiger partial charge on any atom is 0.318 e. The summed E-state index contributed by atoms with van der Waals surface area (Å²) in [5, 5.41) is 20.2. The van der Waals surface area contributed by atoms with Crippen LogP contribution in [-0.2, 0) is 14.8 Å². The molecule has 24 heavy (non-hydrogen) atoms. The van der Waals surface area contributed by atoms with E-state index in [0.29, 0.717) is 4.31 Å². The summed E-state index contributed by atoms with van der Waals surface area (Å²) < 4.78 is 36.7. The second-order valence-electron chi connectivity index (χ2n) is 5.26. The normalized spacial score (nSPS) is 14.0. The van der Waals surface area contributed by atoms with Crippen LogP contribution in [0.1, 0.15) is 13.8 Å². The zero-order valence-corrected chi connectivity index (χ0v) is 13.8. The van der Waals surface area contributed by atoms with Crippen LogP contribution in [0.15, 0.2) is 17.0 Å². The first-order valence-electron chi connectivity index (χ1n) is 6.96. The van der Waals surface area contributed by atoms with Gasteiger partial charge in [0.2, 0.25) is 0 Å². The summed E-state index contributed by atoms with van der Waals surface area (Å²) in [6, 6.07) is 1.26. The third kappa shape index (κ3) is 3.41. The largest absolute Gasteiger partial charge is 0.486 e. The van der Waals surface area contributed by atoms with Crippen molar-refractivity contribution in [3.8, 4) is 11.5 Å². The number of rotatable bonds is 6. The molecule has 0 fully saturated rings. The summed E-state index contributed by atoms with van der Waals surface area (Å²) in [5.74, 6) is -1.24. The Morgan fingerprint density at radius 2 is 1.88 bits per heavy atom. The number of benzene rings is 1. The summed E-state index contributed by atoms with van der Waals surface area (Å²) >= 11 is 0. The number of nitrogens with zero attached hydrogens (tertiary/aromatic N) is 2. The average molecular weight is 360 g/mol. The van der Waals surface area contributed by atoms with Gasteiger partial charge in [-0.05, 0) is 13.8 Å². The molecule has 0 unspecified atom stereocenters. The number of aliphatic carboxylic acids is 1. The van der Waals surface area contributed by atoms with E-state index in [2.05, 4.69) is 0 Å². The summed E-state index contributed by atoms with van der Waals surface area (Å²) in [6.45, 7) is 2.50. The first-order valence-corrected chi connectivity index (χ1v) is 8.40. The third-order valence-electron chi connectivity index (χ3n) is 3.27. The van der Waals surface area contributed by atoms with E-state index in [4.69, 9.17) is 14.6 Å². The number of carboxylic acid groups (broad SMARTS) is 1. The van der Waals surface area contributed by atoms with Gasteiger partial charge in [0, 0.05) is 12.1 Å². The number of hydrogen-bond acceptors (Lipinski definition) is 7. The Kier molecular flexibility index (Phi) is 4.94. The Hall–Kier alpha value is -2.40. The van der Waals surface area contributed by atoms with Gasteiger partial charge < -0.3 is 14.6 Å². The van der Waals surface area contributed by atoms with Crippen molar-refractivity contribution < 1.29 is 32.7 Å². The van der Waals surface area contributed by atoms with Gasteiger partial charge in [-0.2, -0.15) is 4.31 Å². The van der Waals surface area contributed by atoms with Gasteiger partial charge in [-0.15, -0.1) is 0 Å². The van der Waals surface area contributed by atoms with Crippen molar-refractivity contribution in [2.75, 3.05) is 19.8 Å². The van der Waals surface area contributed by atoms with Gasteiger partial charge in [-0.3, -0.25) is 14.9 Å². The maximum atomic E-state index is 12.8. The second kappa shape index (κ2) is 6.61. The summed E-state index contributed by atoms with van der Waals surface area (Å²) in [4.78, 5) is 20.7. The molecule has 1 aliphatic heterocycles. The molecule has 1 aromatic carbocycles.